The van der Waals surface area contributed by atoms with E-state index in [0.29, 0.717) is 29.8 Å². The minimum absolute atomic E-state index is 0.107. The van der Waals surface area contributed by atoms with E-state index in [2.05, 4.69) is 15.4 Å². The molecule has 0 saturated carbocycles. The van der Waals surface area contributed by atoms with Gasteiger partial charge in [0.25, 0.3) is 0 Å². The average molecular weight is 399 g/mol. The number of methoxy groups -OCH3 is 1. The van der Waals surface area contributed by atoms with Gasteiger partial charge in [-0.2, -0.15) is 9.67 Å². The molecule has 0 bridgehead atoms. The van der Waals surface area contributed by atoms with Crippen molar-refractivity contribution in [3.63, 3.8) is 0 Å². The van der Waals surface area contributed by atoms with Gasteiger partial charge in [-0.05, 0) is 41.8 Å². The summed E-state index contributed by atoms with van der Waals surface area (Å²) in [4.78, 5) is 17.2. The molecule has 0 aliphatic rings. The van der Waals surface area contributed by atoms with Crippen LogP contribution in [0.1, 0.15) is 30.6 Å². The van der Waals surface area contributed by atoms with Gasteiger partial charge in [-0.15, -0.1) is 5.10 Å². The fourth-order valence-corrected chi connectivity index (χ4v) is 2.92. The molecule has 3 aromatic rings. The molecule has 0 fully saturated rings. The molecular formula is C21H23ClN4O2. The maximum absolute atomic E-state index is 12.7. The van der Waals surface area contributed by atoms with Crippen LogP contribution >= 0.6 is 11.6 Å². The predicted molar refractivity (Wildman–Crippen MR) is 111 cm³/mol. The van der Waals surface area contributed by atoms with Crippen molar-refractivity contribution in [2.24, 2.45) is 5.92 Å². The molecule has 3 rings (SSSR count). The number of aromatic nitrogens is 3. The van der Waals surface area contributed by atoms with Gasteiger partial charge >= 0.3 is 0 Å². The normalized spacial score (nSPS) is 10.9. The molecular weight excluding hydrogens is 376 g/mol. The summed E-state index contributed by atoms with van der Waals surface area (Å²) >= 11 is 6.23. The van der Waals surface area contributed by atoms with E-state index >= 15 is 0 Å². The number of hydrogen-bond acceptors (Lipinski definition) is 5. The SMILES string of the molecule is COc1ccc(-c2nc(NCc3ccccc3Cl)n(C(=O)CC(C)C)n2)cc1. The summed E-state index contributed by atoms with van der Waals surface area (Å²) in [7, 11) is 1.61. The van der Waals surface area contributed by atoms with E-state index in [-0.39, 0.29) is 11.8 Å². The van der Waals surface area contributed by atoms with Crippen molar-refractivity contribution in [2.75, 3.05) is 12.4 Å². The zero-order valence-electron chi connectivity index (χ0n) is 16.1. The van der Waals surface area contributed by atoms with Gasteiger partial charge < -0.3 is 10.1 Å². The lowest BCUT2D eigenvalue weighted by Gasteiger charge is -2.09. The summed E-state index contributed by atoms with van der Waals surface area (Å²) in [5.41, 5.74) is 1.72. The number of nitrogens with one attached hydrogen (secondary N) is 1. The zero-order chi connectivity index (χ0) is 20.1. The Morgan fingerprint density at radius 2 is 1.89 bits per heavy atom. The molecule has 0 atom stereocenters. The van der Waals surface area contributed by atoms with Crippen LogP contribution in [0.4, 0.5) is 5.95 Å². The molecule has 0 aliphatic heterocycles. The van der Waals surface area contributed by atoms with E-state index in [1.165, 1.54) is 4.68 Å². The highest BCUT2D eigenvalue weighted by atomic mass is 35.5. The van der Waals surface area contributed by atoms with Gasteiger partial charge in [0.15, 0.2) is 5.82 Å². The number of carbonyl (C=O) groups excluding carboxylic acids is 1. The molecule has 146 valence electrons. The largest absolute Gasteiger partial charge is 0.497 e. The number of anilines is 1. The molecule has 1 N–H and O–H groups in total. The van der Waals surface area contributed by atoms with Crippen molar-refractivity contribution >= 4 is 23.5 Å². The van der Waals surface area contributed by atoms with E-state index in [0.717, 1.165) is 16.9 Å². The van der Waals surface area contributed by atoms with Gasteiger partial charge in [0, 0.05) is 23.6 Å². The summed E-state index contributed by atoms with van der Waals surface area (Å²) in [5, 5.41) is 8.30. The van der Waals surface area contributed by atoms with Crippen molar-refractivity contribution in [2.45, 2.75) is 26.8 Å². The van der Waals surface area contributed by atoms with Crippen molar-refractivity contribution in [3.8, 4) is 17.1 Å². The van der Waals surface area contributed by atoms with Crippen LogP contribution in [0, 0.1) is 5.92 Å². The van der Waals surface area contributed by atoms with Gasteiger partial charge in [0.2, 0.25) is 11.9 Å². The average Bonchev–Trinajstić information content (AvgIpc) is 3.11. The van der Waals surface area contributed by atoms with E-state index in [1.54, 1.807) is 7.11 Å². The first kappa shape index (κ1) is 19.9. The molecule has 6 nitrogen and oxygen atoms in total. The fourth-order valence-electron chi connectivity index (χ4n) is 2.71. The van der Waals surface area contributed by atoms with Crippen LogP contribution in [0.2, 0.25) is 5.02 Å². The van der Waals surface area contributed by atoms with E-state index in [1.807, 2.05) is 62.4 Å². The zero-order valence-corrected chi connectivity index (χ0v) is 16.9. The molecule has 0 spiro atoms. The highest BCUT2D eigenvalue weighted by molar-refractivity contribution is 6.31. The Kier molecular flexibility index (Phi) is 6.31. The smallest absolute Gasteiger partial charge is 0.250 e. The number of hydrogen-bond donors (Lipinski definition) is 1. The number of carbonyl (C=O) groups is 1. The topological polar surface area (TPSA) is 69.0 Å². The van der Waals surface area contributed by atoms with Gasteiger partial charge in [-0.3, -0.25) is 4.79 Å². The van der Waals surface area contributed by atoms with Crippen molar-refractivity contribution < 1.29 is 9.53 Å². The van der Waals surface area contributed by atoms with Gasteiger partial charge in [0.05, 0.1) is 7.11 Å². The lowest BCUT2D eigenvalue weighted by Crippen LogP contribution is -2.18. The standard InChI is InChI=1S/C21H23ClN4O2/c1-14(2)12-19(27)26-21(23-13-16-6-4-5-7-18(16)22)24-20(25-26)15-8-10-17(28-3)11-9-15/h4-11,14H,12-13H2,1-3H3,(H,23,24,25). The molecule has 0 aliphatic carbocycles. The number of halogens is 1. The summed E-state index contributed by atoms with van der Waals surface area (Å²) in [5.74, 6) is 1.73. The lowest BCUT2D eigenvalue weighted by atomic mass is 10.1. The second kappa shape index (κ2) is 8.89. The Labute approximate surface area is 169 Å². The second-order valence-electron chi connectivity index (χ2n) is 6.84. The van der Waals surface area contributed by atoms with Crippen LogP contribution in [0.3, 0.4) is 0 Å². The Morgan fingerprint density at radius 1 is 1.18 bits per heavy atom. The number of nitrogens with zero attached hydrogens (tertiary/aromatic N) is 3. The molecule has 28 heavy (non-hydrogen) atoms. The first-order chi connectivity index (χ1) is 13.5. The third-order valence-electron chi connectivity index (χ3n) is 4.17. The van der Waals surface area contributed by atoms with Crippen LogP contribution in [0.15, 0.2) is 48.5 Å². The van der Waals surface area contributed by atoms with Crippen LogP contribution < -0.4 is 10.1 Å². The molecule has 0 amide bonds. The monoisotopic (exact) mass is 398 g/mol. The summed E-state index contributed by atoms with van der Waals surface area (Å²) in [6, 6.07) is 15.0. The molecule has 0 saturated heterocycles. The van der Waals surface area contributed by atoms with Gasteiger partial charge in [-0.1, -0.05) is 43.6 Å². The van der Waals surface area contributed by atoms with Crippen LogP contribution in [0.25, 0.3) is 11.4 Å². The van der Waals surface area contributed by atoms with Crippen molar-refractivity contribution in [1.82, 2.24) is 14.8 Å². The highest BCUT2D eigenvalue weighted by Gasteiger charge is 2.18. The Morgan fingerprint density at radius 3 is 2.54 bits per heavy atom. The summed E-state index contributed by atoms with van der Waals surface area (Å²) in [6.45, 7) is 4.43. The molecule has 1 heterocycles. The number of ether oxygens (including phenoxy) is 1. The van der Waals surface area contributed by atoms with Crippen molar-refractivity contribution in [1.29, 1.82) is 0 Å². The van der Waals surface area contributed by atoms with Crippen molar-refractivity contribution in [3.05, 3.63) is 59.1 Å². The van der Waals surface area contributed by atoms with Crippen LogP contribution in [-0.2, 0) is 6.54 Å². The minimum atomic E-state index is -0.107. The first-order valence-corrected chi connectivity index (χ1v) is 9.47. The number of benzene rings is 2. The highest BCUT2D eigenvalue weighted by Crippen LogP contribution is 2.23. The molecule has 2 aromatic carbocycles. The lowest BCUT2D eigenvalue weighted by molar-refractivity contribution is 0.0873. The molecule has 7 heteroatoms. The van der Waals surface area contributed by atoms with Crippen LogP contribution in [-0.4, -0.2) is 27.8 Å². The summed E-state index contributed by atoms with van der Waals surface area (Å²) < 4.78 is 6.53. The predicted octanol–water partition coefficient (Wildman–Crippen LogP) is 4.91. The van der Waals surface area contributed by atoms with Gasteiger partial charge in [-0.25, -0.2) is 0 Å². The fraction of sp³-hybridized carbons (Fsp3) is 0.286. The maximum atomic E-state index is 12.7. The van der Waals surface area contributed by atoms with Gasteiger partial charge in [0.1, 0.15) is 5.75 Å². The van der Waals surface area contributed by atoms with Crippen LogP contribution in [0.5, 0.6) is 5.75 Å². The molecule has 1 aromatic heterocycles. The molecule has 0 radical (unpaired) electrons. The third-order valence-corrected chi connectivity index (χ3v) is 4.54. The minimum Gasteiger partial charge on any atom is -0.497 e. The first-order valence-electron chi connectivity index (χ1n) is 9.10. The van der Waals surface area contributed by atoms with E-state index in [4.69, 9.17) is 16.3 Å². The maximum Gasteiger partial charge on any atom is 0.250 e. The van der Waals surface area contributed by atoms with E-state index in [9.17, 15) is 4.79 Å². The second-order valence-corrected chi connectivity index (χ2v) is 7.24. The third kappa shape index (κ3) is 4.70. The quantitative estimate of drug-likeness (QED) is 0.612. The van der Waals surface area contributed by atoms with E-state index < -0.39 is 0 Å². The molecule has 0 unspecified atom stereocenters. The Balaban J connectivity index is 1.90. The Bertz CT molecular complexity index is 951. The number of rotatable bonds is 7. The summed E-state index contributed by atoms with van der Waals surface area (Å²) in [6.07, 6.45) is 0.381. The Hall–Kier alpha value is -2.86.